The van der Waals surface area contributed by atoms with Crippen LogP contribution in [-0.2, 0) is 0 Å². The van der Waals surface area contributed by atoms with Crippen LogP contribution in [0, 0.1) is 11.6 Å². The molecule has 0 radical (unpaired) electrons. The lowest BCUT2D eigenvalue weighted by Gasteiger charge is -2.07. The molecule has 0 aliphatic carbocycles. The standard InChI is InChI=1S/C15H11F2NO3/c16-10-3-1-2-9(6-10)14(19)8-21-11-4-5-12(15(18)20)13(17)7-11/h1-7H,8H2,(H2,18,20). The molecular weight excluding hydrogens is 280 g/mol. The lowest BCUT2D eigenvalue weighted by molar-refractivity contribution is 0.0919. The Kier molecular flexibility index (Phi) is 4.27. The van der Waals surface area contributed by atoms with Crippen molar-refractivity contribution in [1.29, 1.82) is 0 Å². The number of ketones is 1. The van der Waals surface area contributed by atoms with Gasteiger partial charge in [-0.25, -0.2) is 8.78 Å². The Hall–Kier alpha value is -2.76. The van der Waals surface area contributed by atoms with Crippen molar-refractivity contribution in [2.75, 3.05) is 6.61 Å². The first kappa shape index (κ1) is 14.6. The second kappa shape index (κ2) is 6.13. The quantitative estimate of drug-likeness (QED) is 0.859. The number of Topliss-reactive ketones (excluding diaryl/α,β-unsaturated/α-hetero) is 1. The van der Waals surface area contributed by atoms with Crippen LogP contribution < -0.4 is 10.5 Å². The molecule has 0 fully saturated rings. The van der Waals surface area contributed by atoms with Gasteiger partial charge >= 0.3 is 0 Å². The van der Waals surface area contributed by atoms with Crippen LogP contribution in [0.15, 0.2) is 42.5 Å². The molecule has 4 nitrogen and oxygen atoms in total. The summed E-state index contributed by atoms with van der Waals surface area (Å²) < 4.78 is 31.6. The maximum absolute atomic E-state index is 13.5. The van der Waals surface area contributed by atoms with Crippen LogP contribution in [0.25, 0.3) is 0 Å². The zero-order valence-corrected chi connectivity index (χ0v) is 10.8. The highest BCUT2D eigenvalue weighted by atomic mass is 19.1. The van der Waals surface area contributed by atoms with Gasteiger partial charge in [0.1, 0.15) is 17.4 Å². The first-order chi connectivity index (χ1) is 9.97. The van der Waals surface area contributed by atoms with Crippen molar-refractivity contribution in [1.82, 2.24) is 0 Å². The SMILES string of the molecule is NC(=O)c1ccc(OCC(=O)c2cccc(F)c2)cc1F. The summed E-state index contributed by atoms with van der Waals surface area (Å²) in [4.78, 5) is 22.6. The Balaban J connectivity index is 2.05. The zero-order chi connectivity index (χ0) is 15.4. The predicted octanol–water partition coefficient (Wildman–Crippen LogP) is 2.33. The Labute approximate surface area is 119 Å². The minimum Gasteiger partial charge on any atom is -0.485 e. The van der Waals surface area contributed by atoms with Crippen molar-refractivity contribution in [3.05, 3.63) is 65.2 Å². The van der Waals surface area contributed by atoms with Gasteiger partial charge in [-0.1, -0.05) is 12.1 Å². The molecule has 21 heavy (non-hydrogen) atoms. The minimum absolute atomic E-state index is 0.0715. The van der Waals surface area contributed by atoms with E-state index < -0.39 is 23.3 Å². The number of rotatable bonds is 5. The maximum Gasteiger partial charge on any atom is 0.251 e. The number of primary amides is 1. The van der Waals surface area contributed by atoms with Gasteiger partial charge in [0.15, 0.2) is 12.4 Å². The number of halogens is 2. The second-order valence-corrected chi connectivity index (χ2v) is 4.23. The molecule has 1 amide bonds. The van der Waals surface area contributed by atoms with Crippen molar-refractivity contribution >= 4 is 11.7 Å². The normalized spacial score (nSPS) is 10.2. The highest BCUT2D eigenvalue weighted by Crippen LogP contribution is 2.17. The van der Waals surface area contributed by atoms with Crippen LogP contribution >= 0.6 is 0 Å². The van der Waals surface area contributed by atoms with E-state index in [1.54, 1.807) is 0 Å². The fourth-order valence-electron chi connectivity index (χ4n) is 1.68. The number of hydrogen-bond acceptors (Lipinski definition) is 3. The molecular formula is C15H11F2NO3. The van der Waals surface area contributed by atoms with E-state index in [2.05, 4.69) is 0 Å². The fourth-order valence-corrected chi connectivity index (χ4v) is 1.68. The van der Waals surface area contributed by atoms with E-state index in [1.165, 1.54) is 30.3 Å². The van der Waals surface area contributed by atoms with Crippen LogP contribution in [0.2, 0.25) is 0 Å². The number of carbonyl (C=O) groups is 2. The fraction of sp³-hybridized carbons (Fsp3) is 0.0667. The number of ether oxygens (including phenoxy) is 1. The molecule has 0 heterocycles. The lowest BCUT2D eigenvalue weighted by Crippen LogP contribution is -2.14. The van der Waals surface area contributed by atoms with Gasteiger partial charge in [-0.3, -0.25) is 9.59 Å². The van der Waals surface area contributed by atoms with E-state index in [0.717, 1.165) is 12.1 Å². The minimum atomic E-state index is -0.894. The number of nitrogens with two attached hydrogens (primary N) is 1. The van der Waals surface area contributed by atoms with Crippen LogP contribution in [0.3, 0.4) is 0 Å². The third-order valence-electron chi connectivity index (χ3n) is 2.72. The summed E-state index contributed by atoms with van der Waals surface area (Å²) in [6.07, 6.45) is 0. The third kappa shape index (κ3) is 3.62. The Morgan fingerprint density at radius 3 is 2.48 bits per heavy atom. The number of benzene rings is 2. The topological polar surface area (TPSA) is 69.4 Å². The molecule has 0 saturated carbocycles. The molecule has 0 aliphatic heterocycles. The van der Waals surface area contributed by atoms with Gasteiger partial charge in [-0.15, -0.1) is 0 Å². The molecule has 0 aliphatic rings. The van der Waals surface area contributed by atoms with Gasteiger partial charge in [0.2, 0.25) is 0 Å². The predicted molar refractivity (Wildman–Crippen MR) is 71.1 cm³/mol. The van der Waals surface area contributed by atoms with Gasteiger partial charge in [-0.2, -0.15) is 0 Å². The monoisotopic (exact) mass is 291 g/mol. The van der Waals surface area contributed by atoms with Gasteiger partial charge in [-0.05, 0) is 24.3 Å². The Bertz CT molecular complexity index is 701. The molecule has 2 rings (SSSR count). The Morgan fingerprint density at radius 2 is 1.86 bits per heavy atom. The first-order valence-electron chi connectivity index (χ1n) is 5.98. The van der Waals surface area contributed by atoms with E-state index in [1.807, 2.05) is 0 Å². The molecule has 2 N–H and O–H groups in total. The van der Waals surface area contributed by atoms with E-state index in [4.69, 9.17) is 10.5 Å². The highest BCUT2D eigenvalue weighted by molar-refractivity contribution is 5.97. The largest absolute Gasteiger partial charge is 0.485 e. The Morgan fingerprint density at radius 1 is 1.10 bits per heavy atom. The molecule has 2 aromatic carbocycles. The molecule has 0 aromatic heterocycles. The summed E-state index contributed by atoms with van der Waals surface area (Å²) in [5, 5.41) is 0. The summed E-state index contributed by atoms with van der Waals surface area (Å²) >= 11 is 0. The molecule has 0 unspecified atom stereocenters. The molecule has 0 saturated heterocycles. The van der Waals surface area contributed by atoms with Gasteiger partial charge < -0.3 is 10.5 Å². The highest BCUT2D eigenvalue weighted by Gasteiger charge is 2.11. The smallest absolute Gasteiger partial charge is 0.251 e. The second-order valence-electron chi connectivity index (χ2n) is 4.23. The summed E-state index contributed by atoms with van der Waals surface area (Å²) in [5.41, 5.74) is 4.86. The van der Waals surface area contributed by atoms with Crippen molar-refractivity contribution < 1.29 is 23.1 Å². The van der Waals surface area contributed by atoms with E-state index >= 15 is 0 Å². The molecule has 0 bridgehead atoms. The van der Waals surface area contributed by atoms with Crippen LogP contribution in [0.1, 0.15) is 20.7 Å². The number of hydrogen-bond donors (Lipinski definition) is 1. The van der Waals surface area contributed by atoms with Crippen LogP contribution in [0.4, 0.5) is 8.78 Å². The van der Waals surface area contributed by atoms with E-state index in [0.29, 0.717) is 0 Å². The summed E-state index contributed by atoms with van der Waals surface area (Å²) in [6.45, 7) is -0.376. The molecule has 0 atom stereocenters. The zero-order valence-electron chi connectivity index (χ0n) is 10.8. The maximum atomic E-state index is 13.5. The van der Waals surface area contributed by atoms with Crippen molar-refractivity contribution in [2.24, 2.45) is 5.73 Å². The van der Waals surface area contributed by atoms with Crippen LogP contribution in [0.5, 0.6) is 5.75 Å². The average molecular weight is 291 g/mol. The van der Waals surface area contributed by atoms with Crippen LogP contribution in [-0.4, -0.2) is 18.3 Å². The molecule has 108 valence electrons. The van der Waals surface area contributed by atoms with Crippen molar-refractivity contribution in [3.8, 4) is 5.75 Å². The van der Waals surface area contributed by atoms with Gasteiger partial charge in [0.25, 0.3) is 5.91 Å². The average Bonchev–Trinajstić information content (AvgIpc) is 2.44. The molecule has 6 heteroatoms. The van der Waals surface area contributed by atoms with Gasteiger partial charge in [0, 0.05) is 11.6 Å². The first-order valence-corrected chi connectivity index (χ1v) is 5.98. The third-order valence-corrected chi connectivity index (χ3v) is 2.72. The van der Waals surface area contributed by atoms with Crippen molar-refractivity contribution in [3.63, 3.8) is 0 Å². The van der Waals surface area contributed by atoms with Gasteiger partial charge in [0.05, 0.1) is 5.56 Å². The summed E-state index contributed by atoms with van der Waals surface area (Å²) in [6, 6.07) is 8.61. The summed E-state index contributed by atoms with van der Waals surface area (Å²) in [7, 11) is 0. The van der Waals surface area contributed by atoms with E-state index in [-0.39, 0.29) is 23.5 Å². The number of carbonyl (C=O) groups excluding carboxylic acids is 2. The summed E-state index contributed by atoms with van der Waals surface area (Å²) in [5.74, 6) is -2.64. The molecule has 0 spiro atoms. The van der Waals surface area contributed by atoms with E-state index in [9.17, 15) is 18.4 Å². The van der Waals surface area contributed by atoms with Crippen molar-refractivity contribution in [2.45, 2.75) is 0 Å². The molecule has 2 aromatic rings. The lowest BCUT2D eigenvalue weighted by atomic mass is 10.1. The number of amides is 1.